The van der Waals surface area contributed by atoms with Gasteiger partial charge in [-0.2, -0.15) is 0 Å². The van der Waals surface area contributed by atoms with Crippen LogP contribution >= 0.6 is 0 Å². The maximum atomic E-state index is 12.4. The average molecular weight is 389 g/mol. The van der Waals surface area contributed by atoms with Gasteiger partial charge in [-0.25, -0.2) is 4.79 Å². The monoisotopic (exact) mass is 389 g/mol. The van der Waals surface area contributed by atoms with Crippen molar-refractivity contribution < 1.29 is 19.1 Å². The van der Waals surface area contributed by atoms with Crippen LogP contribution in [0, 0.1) is 0 Å². The van der Waals surface area contributed by atoms with Crippen molar-refractivity contribution in [1.29, 1.82) is 0 Å². The van der Waals surface area contributed by atoms with Gasteiger partial charge in [0.05, 0.1) is 11.3 Å². The molecule has 0 aliphatic heterocycles. The third-order valence-electron chi connectivity index (χ3n) is 3.99. The molecule has 7 heteroatoms. The Morgan fingerprint density at radius 2 is 1.45 bits per heavy atom. The molecule has 3 aromatic carbocycles. The summed E-state index contributed by atoms with van der Waals surface area (Å²) in [6, 6.07) is 22.4. The van der Waals surface area contributed by atoms with E-state index in [1.165, 1.54) is 12.1 Å². The minimum atomic E-state index is -0.622. The van der Waals surface area contributed by atoms with Crippen molar-refractivity contribution in [2.45, 2.75) is 0 Å². The molecule has 0 fully saturated rings. The number of primary amides is 1. The summed E-state index contributed by atoms with van der Waals surface area (Å²) < 4.78 is 5.14. The van der Waals surface area contributed by atoms with E-state index in [0.29, 0.717) is 22.5 Å². The van der Waals surface area contributed by atoms with Gasteiger partial charge in [0.15, 0.2) is 6.61 Å². The Labute approximate surface area is 167 Å². The Morgan fingerprint density at radius 3 is 2.14 bits per heavy atom. The number of nitrogens with two attached hydrogens (primary N) is 1. The van der Waals surface area contributed by atoms with Crippen LogP contribution in [-0.4, -0.2) is 24.4 Å². The molecule has 3 rings (SSSR count). The molecule has 7 nitrogen and oxygen atoms in total. The maximum absolute atomic E-state index is 12.4. The number of hydrogen-bond donors (Lipinski definition) is 3. The van der Waals surface area contributed by atoms with E-state index < -0.39 is 24.4 Å². The van der Waals surface area contributed by atoms with Crippen LogP contribution in [-0.2, 0) is 9.53 Å². The summed E-state index contributed by atoms with van der Waals surface area (Å²) in [6.45, 7) is -0.448. The lowest BCUT2D eigenvalue weighted by atomic mass is 10.1. The fraction of sp³-hybridized carbons (Fsp3) is 0.0455. The van der Waals surface area contributed by atoms with E-state index in [1.54, 1.807) is 36.4 Å². The second kappa shape index (κ2) is 9.18. The Hall–Kier alpha value is -4.13. The van der Waals surface area contributed by atoms with Crippen LogP contribution in [0.2, 0.25) is 0 Å². The molecule has 4 N–H and O–H groups in total. The zero-order chi connectivity index (χ0) is 20.6. The van der Waals surface area contributed by atoms with Crippen molar-refractivity contribution in [1.82, 2.24) is 0 Å². The number of nitrogens with one attached hydrogen (secondary N) is 2. The van der Waals surface area contributed by atoms with Crippen molar-refractivity contribution in [2.24, 2.45) is 5.73 Å². The molecule has 0 heterocycles. The van der Waals surface area contributed by atoms with Crippen LogP contribution in [0.3, 0.4) is 0 Å². The van der Waals surface area contributed by atoms with Crippen LogP contribution in [0.1, 0.15) is 20.7 Å². The van der Waals surface area contributed by atoms with Gasteiger partial charge in [-0.15, -0.1) is 0 Å². The maximum Gasteiger partial charge on any atom is 0.340 e. The highest BCUT2D eigenvalue weighted by Crippen LogP contribution is 2.21. The first-order chi connectivity index (χ1) is 14.0. The van der Waals surface area contributed by atoms with Gasteiger partial charge in [-0.3, -0.25) is 9.59 Å². The summed E-state index contributed by atoms with van der Waals surface area (Å²) in [4.78, 5) is 35.5. The number of para-hydroxylation sites is 2. The molecule has 0 aliphatic rings. The zero-order valence-electron chi connectivity index (χ0n) is 15.4. The number of amides is 2. The molecule has 0 aliphatic carbocycles. The second-order valence-electron chi connectivity index (χ2n) is 6.10. The van der Waals surface area contributed by atoms with E-state index >= 15 is 0 Å². The fourth-order valence-electron chi connectivity index (χ4n) is 2.57. The number of ether oxygens (including phenoxy) is 1. The van der Waals surface area contributed by atoms with Crippen molar-refractivity contribution in [2.75, 3.05) is 17.2 Å². The molecular formula is C22H19N3O4. The van der Waals surface area contributed by atoms with Gasteiger partial charge in [0, 0.05) is 16.9 Å². The van der Waals surface area contributed by atoms with Crippen LogP contribution in [0.5, 0.6) is 0 Å². The number of carbonyl (C=O) groups is 3. The Bertz CT molecular complexity index is 1020. The number of anilines is 3. The van der Waals surface area contributed by atoms with Gasteiger partial charge in [-0.05, 0) is 48.5 Å². The molecule has 0 saturated heterocycles. The van der Waals surface area contributed by atoms with Crippen molar-refractivity contribution >= 4 is 34.8 Å². The van der Waals surface area contributed by atoms with Crippen LogP contribution < -0.4 is 16.4 Å². The highest BCUT2D eigenvalue weighted by Gasteiger charge is 2.14. The molecule has 0 unspecified atom stereocenters. The number of rotatable bonds is 7. The summed E-state index contributed by atoms with van der Waals surface area (Å²) in [5.41, 5.74) is 7.68. The highest BCUT2D eigenvalue weighted by molar-refractivity contribution is 5.99. The third kappa shape index (κ3) is 5.43. The zero-order valence-corrected chi connectivity index (χ0v) is 15.4. The number of carbonyl (C=O) groups excluding carboxylic acids is 3. The van der Waals surface area contributed by atoms with E-state index in [1.807, 2.05) is 30.3 Å². The van der Waals surface area contributed by atoms with E-state index in [-0.39, 0.29) is 0 Å². The first kappa shape index (κ1) is 19.6. The largest absolute Gasteiger partial charge is 0.452 e. The molecule has 0 atom stereocenters. The Morgan fingerprint density at radius 1 is 0.793 bits per heavy atom. The number of benzene rings is 3. The van der Waals surface area contributed by atoms with Gasteiger partial charge in [-0.1, -0.05) is 30.3 Å². The van der Waals surface area contributed by atoms with E-state index in [4.69, 9.17) is 10.5 Å². The van der Waals surface area contributed by atoms with Gasteiger partial charge in [0.2, 0.25) is 5.91 Å². The fourth-order valence-corrected chi connectivity index (χ4v) is 2.57. The second-order valence-corrected chi connectivity index (χ2v) is 6.10. The number of hydrogen-bond acceptors (Lipinski definition) is 5. The lowest BCUT2D eigenvalue weighted by Crippen LogP contribution is -2.21. The number of esters is 1. The molecule has 0 aromatic heterocycles. The van der Waals surface area contributed by atoms with E-state index in [2.05, 4.69) is 10.6 Å². The Kier molecular flexibility index (Phi) is 6.22. The van der Waals surface area contributed by atoms with Gasteiger partial charge < -0.3 is 21.1 Å². The molecule has 0 radical (unpaired) electrons. The average Bonchev–Trinajstić information content (AvgIpc) is 2.73. The lowest BCUT2D eigenvalue weighted by molar-refractivity contribution is -0.119. The normalized spacial score (nSPS) is 10.1. The summed E-state index contributed by atoms with van der Waals surface area (Å²) in [6.07, 6.45) is 0. The standard InChI is InChI=1S/C22H19N3O4/c23-21(27)15-10-12-17(13-11-15)25-20(26)14-29-22(28)18-8-4-5-9-19(18)24-16-6-2-1-3-7-16/h1-13,24H,14H2,(H2,23,27)(H,25,26). The van der Waals surface area contributed by atoms with Crippen LogP contribution in [0.4, 0.5) is 17.1 Å². The minimum absolute atomic E-state index is 0.315. The SMILES string of the molecule is NC(=O)c1ccc(NC(=O)COC(=O)c2ccccc2Nc2ccccc2)cc1. The molecule has 0 spiro atoms. The first-order valence-electron chi connectivity index (χ1n) is 8.81. The smallest absolute Gasteiger partial charge is 0.340 e. The molecule has 3 aromatic rings. The quantitative estimate of drug-likeness (QED) is 0.537. The molecule has 146 valence electrons. The summed E-state index contributed by atoms with van der Waals surface area (Å²) in [5, 5.41) is 5.74. The van der Waals surface area contributed by atoms with Crippen molar-refractivity contribution in [3.05, 3.63) is 90.0 Å². The lowest BCUT2D eigenvalue weighted by Gasteiger charge is -2.12. The molecule has 29 heavy (non-hydrogen) atoms. The van der Waals surface area contributed by atoms with E-state index in [9.17, 15) is 14.4 Å². The molecule has 0 bridgehead atoms. The summed E-state index contributed by atoms with van der Waals surface area (Å²) in [5.74, 6) is -1.68. The van der Waals surface area contributed by atoms with Crippen LogP contribution in [0.15, 0.2) is 78.9 Å². The predicted molar refractivity (Wildman–Crippen MR) is 110 cm³/mol. The first-order valence-corrected chi connectivity index (χ1v) is 8.81. The van der Waals surface area contributed by atoms with Crippen molar-refractivity contribution in [3.8, 4) is 0 Å². The molecule has 2 amide bonds. The molecule has 0 saturated carbocycles. The summed E-state index contributed by atoms with van der Waals surface area (Å²) in [7, 11) is 0. The van der Waals surface area contributed by atoms with E-state index in [0.717, 1.165) is 5.69 Å². The summed E-state index contributed by atoms with van der Waals surface area (Å²) >= 11 is 0. The van der Waals surface area contributed by atoms with Gasteiger partial charge >= 0.3 is 5.97 Å². The Balaban J connectivity index is 1.59. The van der Waals surface area contributed by atoms with Crippen molar-refractivity contribution in [3.63, 3.8) is 0 Å². The molecular weight excluding hydrogens is 370 g/mol. The predicted octanol–water partition coefficient (Wildman–Crippen LogP) is 3.32. The highest BCUT2D eigenvalue weighted by atomic mass is 16.5. The minimum Gasteiger partial charge on any atom is -0.452 e. The van der Waals surface area contributed by atoms with Gasteiger partial charge in [0.25, 0.3) is 5.91 Å². The topological polar surface area (TPSA) is 111 Å². The van der Waals surface area contributed by atoms with Gasteiger partial charge in [0.1, 0.15) is 0 Å². The third-order valence-corrected chi connectivity index (χ3v) is 3.99. The van der Waals surface area contributed by atoms with Crippen LogP contribution in [0.25, 0.3) is 0 Å².